The SMILES string of the molecule is CCCn1cc(/C=C2\SC(=O)N(Cc3ccccc3[N+](=O)[O-])C2=O)c2ccccc21. The standard InChI is InChI=1S/C22H19N3O4S/c1-2-11-23-13-16(17-8-4-6-10-19(17)23)12-20-21(26)24(22(27)30-20)14-15-7-3-5-9-18(15)25(28)29/h3-10,12-13H,2,11,14H2,1H3/b20-12-. The Labute approximate surface area is 177 Å². The van der Waals surface area contributed by atoms with Crippen molar-refractivity contribution in [3.8, 4) is 0 Å². The second-order valence-corrected chi connectivity index (χ2v) is 7.94. The van der Waals surface area contributed by atoms with Gasteiger partial charge in [0.1, 0.15) is 0 Å². The fourth-order valence-electron chi connectivity index (χ4n) is 3.59. The Hall–Kier alpha value is -3.39. The van der Waals surface area contributed by atoms with Gasteiger partial charge in [-0.05, 0) is 30.3 Å². The van der Waals surface area contributed by atoms with Crippen LogP contribution in [0.15, 0.2) is 59.6 Å². The van der Waals surface area contributed by atoms with Crippen LogP contribution in [0.2, 0.25) is 0 Å². The van der Waals surface area contributed by atoms with Crippen molar-refractivity contribution in [3.05, 3.63) is 80.9 Å². The van der Waals surface area contributed by atoms with Gasteiger partial charge in [-0.15, -0.1) is 0 Å². The number of amides is 2. The van der Waals surface area contributed by atoms with Gasteiger partial charge in [0.15, 0.2) is 0 Å². The first kappa shape index (κ1) is 19.9. The van der Waals surface area contributed by atoms with Crippen molar-refractivity contribution < 1.29 is 14.5 Å². The molecule has 0 saturated carbocycles. The zero-order chi connectivity index (χ0) is 21.3. The number of fused-ring (bicyclic) bond motifs is 1. The summed E-state index contributed by atoms with van der Waals surface area (Å²) in [6.45, 7) is 2.83. The molecular weight excluding hydrogens is 402 g/mol. The van der Waals surface area contributed by atoms with Gasteiger partial charge >= 0.3 is 0 Å². The highest BCUT2D eigenvalue weighted by Crippen LogP contribution is 2.35. The number of carbonyl (C=O) groups is 2. The minimum absolute atomic E-state index is 0.108. The van der Waals surface area contributed by atoms with E-state index in [-0.39, 0.29) is 12.2 Å². The molecule has 2 aromatic carbocycles. The third-order valence-corrected chi connectivity index (χ3v) is 5.87. The number of nitrogens with zero attached hydrogens (tertiary/aromatic N) is 3. The number of hydrogen-bond donors (Lipinski definition) is 0. The van der Waals surface area contributed by atoms with Crippen molar-refractivity contribution in [1.29, 1.82) is 0 Å². The van der Waals surface area contributed by atoms with E-state index in [1.807, 2.05) is 30.5 Å². The van der Waals surface area contributed by atoms with Crippen LogP contribution in [-0.2, 0) is 17.9 Å². The van der Waals surface area contributed by atoms with E-state index in [9.17, 15) is 19.7 Å². The number of rotatable bonds is 6. The highest BCUT2D eigenvalue weighted by Gasteiger charge is 2.36. The molecule has 7 nitrogen and oxygen atoms in total. The van der Waals surface area contributed by atoms with Gasteiger partial charge in [-0.3, -0.25) is 24.6 Å². The van der Waals surface area contributed by atoms with E-state index in [0.717, 1.165) is 46.1 Å². The lowest BCUT2D eigenvalue weighted by Crippen LogP contribution is -2.27. The summed E-state index contributed by atoms with van der Waals surface area (Å²) in [7, 11) is 0. The number of thioether (sulfide) groups is 1. The number of hydrogen-bond acceptors (Lipinski definition) is 5. The van der Waals surface area contributed by atoms with E-state index >= 15 is 0 Å². The Kier molecular flexibility index (Phi) is 5.41. The van der Waals surface area contributed by atoms with E-state index < -0.39 is 16.1 Å². The largest absolute Gasteiger partial charge is 0.347 e. The predicted octanol–water partition coefficient (Wildman–Crippen LogP) is 5.20. The summed E-state index contributed by atoms with van der Waals surface area (Å²) in [4.78, 5) is 37.5. The first-order valence-corrected chi connectivity index (χ1v) is 10.4. The third kappa shape index (κ3) is 3.61. The molecule has 30 heavy (non-hydrogen) atoms. The molecule has 1 aromatic heterocycles. The van der Waals surface area contributed by atoms with Crippen molar-refractivity contribution >= 4 is 45.6 Å². The van der Waals surface area contributed by atoms with Gasteiger partial charge in [-0.2, -0.15) is 0 Å². The van der Waals surface area contributed by atoms with Gasteiger partial charge in [-0.1, -0.05) is 43.3 Å². The second kappa shape index (κ2) is 8.16. The van der Waals surface area contributed by atoms with Gasteiger partial charge in [0.2, 0.25) is 0 Å². The minimum Gasteiger partial charge on any atom is -0.347 e. The van der Waals surface area contributed by atoms with E-state index in [0.29, 0.717) is 10.5 Å². The maximum absolute atomic E-state index is 12.9. The molecule has 0 radical (unpaired) electrons. The molecule has 8 heteroatoms. The van der Waals surface area contributed by atoms with Gasteiger partial charge < -0.3 is 4.57 Å². The Morgan fingerprint density at radius 3 is 2.60 bits per heavy atom. The molecule has 152 valence electrons. The summed E-state index contributed by atoms with van der Waals surface area (Å²) in [6.07, 6.45) is 4.70. The number of aryl methyl sites for hydroxylation is 1. The van der Waals surface area contributed by atoms with E-state index in [2.05, 4.69) is 11.5 Å². The van der Waals surface area contributed by atoms with Crippen LogP contribution in [0.1, 0.15) is 24.5 Å². The lowest BCUT2D eigenvalue weighted by atomic mass is 10.1. The van der Waals surface area contributed by atoms with Crippen LogP contribution in [0.25, 0.3) is 17.0 Å². The minimum atomic E-state index is -0.507. The topological polar surface area (TPSA) is 85.4 Å². The average Bonchev–Trinajstić information content (AvgIpc) is 3.21. The second-order valence-electron chi connectivity index (χ2n) is 6.95. The quantitative estimate of drug-likeness (QED) is 0.310. The van der Waals surface area contributed by atoms with Gasteiger partial charge in [0.25, 0.3) is 16.8 Å². The van der Waals surface area contributed by atoms with Gasteiger partial charge in [0, 0.05) is 40.8 Å². The molecule has 4 rings (SSSR count). The monoisotopic (exact) mass is 421 g/mol. The summed E-state index contributed by atoms with van der Waals surface area (Å²) in [5, 5.41) is 11.8. The molecule has 0 N–H and O–H groups in total. The fraction of sp³-hybridized carbons (Fsp3) is 0.182. The van der Waals surface area contributed by atoms with Crippen LogP contribution in [0.4, 0.5) is 10.5 Å². The molecule has 0 spiro atoms. The Balaban J connectivity index is 1.66. The number of nitro benzene ring substituents is 1. The van der Waals surface area contributed by atoms with E-state index in [1.54, 1.807) is 24.3 Å². The van der Waals surface area contributed by atoms with Crippen LogP contribution in [0.3, 0.4) is 0 Å². The maximum Gasteiger partial charge on any atom is 0.293 e. The molecular formula is C22H19N3O4S. The number of carbonyl (C=O) groups excluding carboxylic acids is 2. The Morgan fingerprint density at radius 1 is 1.10 bits per heavy atom. The summed E-state index contributed by atoms with van der Waals surface area (Å²) in [5.74, 6) is -0.435. The molecule has 1 aliphatic rings. The van der Waals surface area contributed by atoms with Crippen LogP contribution in [0.5, 0.6) is 0 Å². The zero-order valence-corrected chi connectivity index (χ0v) is 17.1. The smallest absolute Gasteiger partial charge is 0.293 e. The van der Waals surface area contributed by atoms with Crippen LogP contribution in [0, 0.1) is 10.1 Å². The fourth-order valence-corrected chi connectivity index (χ4v) is 4.42. The molecule has 1 fully saturated rings. The zero-order valence-electron chi connectivity index (χ0n) is 16.3. The van der Waals surface area contributed by atoms with Crippen molar-refractivity contribution in [1.82, 2.24) is 9.47 Å². The van der Waals surface area contributed by atoms with Crippen LogP contribution >= 0.6 is 11.8 Å². The summed E-state index contributed by atoms with van der Waals surface area (Å²) in [5.41, 5.74) is 2.16. The number of imide groups is 1. The van der Waals surface area contributed by atoms with E-state index in [4.69, 9.17) is 0 Å². The molecule has 0 aliphatic carbocycles. The molecule has 1 aliphatic heterocycles. The van der Waals surface area contributed by atoms with Gasteiger partial charge in [-0.25, -0.2) is 0 Å². The summed E-state index contributed by atoms with van der Waals surface area (Å²) in [6, 6.07) is 14.1. The highest BCUT2D eigenvalue weighted by molar-refractivity contribution is 8.18. The first-order valence-electron chi connectivity index (χ1n) is 9.55. The molecule has 2 amide bonds. The number of para-hydroxylation sites is 2. The van der Waals surface area contributed by atoms with Crippen molar-refractivity contribution in [2.75, 3.05) is 0 Å². The van der Waals surface area contributed by atoms with Crippen molar-refractivity contribution in [2.45, 2.75) is 26.4 Å². The third-order valence-electron chi connectivity index (χ3n) is 4.96. The number of nitro groups is 1. The Morgan fingerprint density at radius 2 is 1.83 bits per heavy atom. The molecule has 2 heterocycles. The highest BCUT2D eigenvalue weighted by atomic mass is 32.2. The van der Waals surface area contributed by atoms with Crippen LogP contribution < -0.4 is 0 Å². The Bertz CT molecular complexity index is 1200. The van der Waals surface area contributed by atoms with Gasteiger partial charge in [0.05, 0.1) is 16.4 Å². The molecule has 0 unspecified atom stereocenters. The summed E-state index contributed by atoms with van der Waals surface area (Å²) >= 11 is 0.861. The van der Waals surface area contributed by atoms with Crippen LogP contribution in [-0.4, -0.2) is 25.5 Å². The molecule has 0 bridgehead atoms. The maximum atomic E-state index is 12.9. The summed E-state index contributed by atoms with van der Waals surface area (Å²) < 4.78 is 2.14. The predicted molar refractivity (Wildman–Crippen MR) is 117 cm³/mol. The lowest BCUT2D eigenvalue weighted by Gasteiger charge is -2.12. The molecule has 1 saturated heterocycles. The number of aromatic nitrogens is 1. The molecule has 0 atom stereocenters. The lowest BCUT2D eigenvalue weighted by molar-refractivity contribution is -0.385. The first-order chi connectivity index (χ1) is 14.5. The normalized spacial score (nSPS) is 15.5. The van der Waals surface area contributed by atoms with Crippen molar-refractivity contribution in [3.63, 3.8) is 0 Å². The van der Waals surface area contributed by atoms with E-state index in [1.165, 1.54) is 6.07 Å². The average molecular weight is 421 g/mol. The van der Waals surface area contributed by atoms with Crippen molar-refractivity contribution in [2.24, 2.45) is 0 Å². The molecule has 3 aromatic rings. The number of benzene rings is 2.